The largest absolute Gasteiger partial charge is 0.493 e. The second-order valence-electron chi connectivity index (χ2n) is 6.82. The molecule has 3 heterocycles. The van der Waals surface area contributed by atoms with Crippen LogP contribution < -0.4 is 5.69 Å². The van der Waals surface area contributed by atoms with Gasteiger partial charge in [-0.3, -0.25) is 9.98 Å². The number of amidine groups is 1. The van der Waals surface area contributed by atoms with Crippen molar-refractivity contribution in [1.82, 2.24) is 9.97 Å². The van der Waals surface area contributed by atoms with E-state index in [0.717, 1.165) is 12.8 Å². The molecule has 9 heteroatoms. The Kier molecular flexibility index (Phi) is 3.68. The minimum Gasteiger partial charge on any atom is -0.493 e. The molecule has 0 amide bonds. The van der Waals surface area contributed by atoms with E-state index in [2.05, 4.69) is 24.9 Å². The van der Waals surface area contributed by atoms with Gasteiger partial charge in [-0.1, -0.05) is 12.1 Å². The van der Waals surface area contributed by atoms with Crippen LogP contribution in [0.15, 0.2) is 49.7 Å². The van der Waals surface area contributed by atoms with Gasteiger partial charge in [-0.15, -0.1) is 0 Å². The molecule has 8 nitrogen and oxygen atoms in total. The number of aromatic amines is 2. The van der Waals surface area contributed by atoms with Crippen LogP contribution in [-0.4, -0.2) is 55.8 Å². The predicted octanol–water partition coefficient (Wildman–Crippen LogP) is 1.45. The summed E-state index contributed by atoms with van der Waals surface area (Å²) >= 11 is 0. The van der Waals surface area contributed by atoms with Gasteiger partial charge in [-0.25, -0.2) is 19.2 Å². The van der Waals surface area contributed by atoms with Crippen LogP contribution in [0.3, 0.4) is 0 Å². The molecule has 1 fully saturated rings. The molecular weight excluding hydrogens is 363 g/mol. The van der Waals surface area contributed by atoms with Crippen LogP contribution in [0.2, 0.25) is 0 Å². The fraction of sp³-hybridized carbons (Fsp3) is 0.211. The number of allylic oxidation sites excluding steroid dienone is 1. The van der Waals surface area contributed by atoms with E-state index in [1.807, 2.05) is 4.58 Å². The first-order valence-electron chi connectivity index (χ1n) is 8.88. The van der Waals surface area contributed by atoms with Crippen molar-refractivity contribution in [3.8, 4) is 5.88 Å². The minimum atomic E-state index is -0.503. The SMILES string of the molecule is O=c1[nH]c(O)c(C=C2C=NC3C(=NC4CC4)N=C(c4cccc(F)c4)C=[N+]23)[nH]1. The maximum atomic E-state index is 13.7. The lowest BCUT2D eigenvalue weighted by atomic mass is 10.1. The fourth-order valence-corrected chi connectivity index (χ4v) is 3.13. The summed E-state index contributed by atoms with van der Waals surface area (Å²) in [6.45, 7) is 0. The van der Waals surface area contributed by atoms with Crippen molar-refractivity contribution >= 4 is 30.1 Å². The van der Waals surface area contributed by atoms with E-state index in [0.29, 0.717) is 22.8 Å². The van der Waals surface area contributed by atoms with Crippen LogP contribution in [0.5, 0.6) is 5.88 Å². The van der Waals surface area contributed by atoms with Gasteiger partial charge in [0, 0.05) is 11.6 Å². The normalized spacial score (nSPS) is 23.8. The second-order valence-corrected chi connectivity index (χ2v) is 6.82. The van der Waals surface area contributed by atoms with Crippen molar-refractivity contribution in [2.45, 2.75) is 25.0 Å². The standard InChI is InChI=1S/C19H15FN6O2/c20-11-3-1-2-10(6-11)15-9-26-13(7-14-18(27)25-19(28)24-14)8-21-17(26)16(23-15)22-12-4-5-12/h1-3,6-9,12,17H,4-5H2,(H2,22,23,25,27,28)/p+1. The van der Waals surface area contributed by atoms with Crippen molar-refractivity contribution in [1.29, 1.82) is 0 Å². The van der Waals surface area contributed by atoms with Gasteiger partial charge in [-0.05, 0) is 25.0 Å². The second kappa shape index (κ2) is 6.22. The smallest absolute Gasteiger partial charge is 0.326 e. The first-order valence-corrected chi connectivity index (χ1v) is 8.88. The highest BCUT2D eigenvalue weighted by Gasteiger charge is 2.39. The molecule has 1 saturated carbocycles. The molecule has 0 saturated heterocycles. The number of aliphatic imine (C=N–C) groups is 3. The van der Waals surface area contributed by atoms with Gasteiger partial charge in [0.05, 0.1) is 6.04 Å². The van der Waals surface area contributed by atoms with E-state index in [9.17, 15) is 14.3 Å². The van der Waals surface area contributed by atoms with Crippen molar-refractivity contribution in [2.24, 2.45) is 15.0 Å². The van der Waals surface area contributed by atoms with E-state index in [-0.39, 0.29) is 23.4 Å². The Morgan fingerprint density at radius 2 is 2.18 bits per heavy atom. The van der Waals surface area contributed by atoms with E-state index in [1.54, 1.807) is 30.6 Å². The first-order chi connectivity index (χ1) is 13.6. The quantitative estimate of drug-likeness (QED) is 0.702. The van der Waals surface area contributed by atoms with Gasteiger partial charge in [0.1, 0.15) is 23.4 Å². The van der Waals surface area contributed by atoms with Crippen LogP contribution >= 0.6 is 0 Å². The molecule has 28 heavy (non-hydrogen) atoms. The number of aromatic nitrogens is 2. The Bertz CT molecular complexity index is 1180. The highest BCUT2D eigenvalue weighted by atomic mass is 19.1. The summed E-state index contributed by atoms with van der Waals surface area (Å²) in [6.07, 6.45) is 6.64. The summed E-state index contributed by atoms with van der Waals surface area (Å²) in [5, 5.41) is 9.83. The summed E-state index contributed by atoms with van der Waals surface area (Å²) < 4.78 is 15.6. The third-order valence-electron chi connectivity index (χ3n) is 4.65. The molecule has 3 aliphatic rings. The zero-order valence-electron chi connectivity index (χ0n) is 14.6. The van der Waals surface area contributed by atoms with E-state index in [4.69, 9.17) is 0 Å². The molecule has 1 atom stereocenters. The highest BCUT2D eigenvalue weighted by molar-refractivity contribution is 6.40. The van der Waals surface area contributed by atoms with E-state index in [1.165, 1.54) is 12.1 Å². The molecule has 140 valence electrons. The molecule has 1 unspecified atom stereocenters. The van der Waals surface area contributed by atoms with Crippen LogP contribution in [-0.2, 0) is 0 Å². The summed E-state index contributed by atoms with van der Waals surface area (Å²) in [4.78, 5) is 30.0. The minimum absolute atomic E-state index is 0.246. The van der Waals surface area contributed by atoms with Gasteiger partial charge in [0.25, 0.3) is 0 Å². The maximum absolute atomic E-state index is 13.7. The number of benzene rings is 1. The molecule has 5 rings (SSSR count). The lowest BCUT2D eigenvalue weighted by Gasteiger charge is -2.13. The number of H-pyrrole nitrogens is 2. The maximum Gasteiger partial charge on any atom is 0.326 e. The van der Waals surface area contributed by atoms with Crippen molar-refractivity contribution in [3.63, 3.8) is 0 Å². The number of halogens is 1. The molecule has 0 bridgehead atoms. The average Bonchev–Trinajstić information content (AvgIpc) is 3.30. The number of nitrogens with zero attached hydrogens (tertiary/aromatic N) is 4. The number of fused-ring (bicyclic) bond motifs is 1. The molecule has 2 aromatic rings. The lowest BCUT2D eigenvalue weighted by molar-refractivity contribution is -0.474. The molecule has 1 aromatic carbocycles. The number of rotatable bonds is 3. The van der Waals surface area contributed by atoms with Crippen molar-refractivity contribution < 1.29 is 14.1 Å². The summed E-state index contributed by atoms with van der Waals surface area (Å²) in [6, 6.07) is 6.46. The number of aromatic hydroxyl groups is 1. The molecule has 2 aliphatic heterocycles. The molecule has 0 spiro atoms. The van der Waals surface area contributed by atoms with Crippen LogP contribution in [0.1, 0.15) is 24.1 Å². The Balaban J connectivity index is 1.61. The Morgan fingerprint density at radius 3 is 2.89 bits per heavy atom. The number of hydrogen-bond donors (Lipinski definition) is 3. The van der Waals surface area contributed by atoms with Crippen molar-refractivity contribution in [2.75, 3.05) is 0 Å². The van der Waals surface area contributed by atoms with E-state index >= 15 is 0 Å². The van der Waals surface area contributed by atoms with Crippen LogP contribution in [0, 0.1) is 5.82 Å². The van der Waals surface area contributed by atoms with E-state index < -0.39 is 11.9 Å². The monoisotopic (exact) mass is 379 g/mol. The summed E-state index contributed by atoms with van der Waals surface area (Å²) in [7, 11) is 0. The van der Waals surface area contributed by atoms with Gasteiger partial charge in [-0.2, -0.15) is 4.58 Å². The molecule has 1 aliphatic carbocycles. The third kappa shape index (κ3) is 3.00. The third-order valence-corrected chi connectivity index (χ3v) is 4.65. The zero-order chi connectivity index (χ0) is 19.3. The Hall–Kier alpha value is -3.62. The Labute approximate surface area is 158 Å². The lowest BCUT2D eigenvalue weighted by Crippen LogP contribution is -2.35. The molecule has 1 aromatic heterocycles. The number of nitrogens with one attached hydrogen (secondary N) is 2. The number of hydrogen-bond acceptors (Lipinski definition) is 4. The predicted molar refractivity (Wildman–Crippen MR) is 103 cm³/mol. The molecule has 0 radical (unpaired) electrons. The highest BCUT2D eigenvalue weighted by Crippen LogP contribution is 2.27. The van der Waals surface area contributed by atoms with Gasteiger partial charge >= 0.3 is 11.9 Å². The van der Waals surface area contributed by atoms with Crippen molar-refractivity contribution in [3.05, 3.63) is 57.5 Å². The topological polar surface area (TPSA) is 109 Å². The van der Waals surface area contributed by atoms with Gasteiger partial charge < -0.3 is 10.1 Å². The van der Waals surface area contributed by atoms with Crippen LogP contribution in [0.4, 0.5) is 4.39 Å². The molecule has 3 N–H and O–H groups in total. The fourth-order valence-electron chi connectivity index (χ4n) is 3.13. The number of imidazole rings is 1. The Morgan fingerprint density at radius 1 is 1.32 bits per heavy atom. The zero-order valence-corrected chi connectivity index (χ0v) is 14.6. The van der Waals surface area contributed by atoms with Gasteiger partial charge in [0.15, 0.2) is 6.21 Å². The summed E-state index contributed by atoms with van der Waals surface area (Å²) in [5.74, 6) is -0.0346. The molecular formula is C19H16FN6O2+. The van der Waals surface area contributed by atoms with Gasteiger partial charge in [0.2, 0.25) is 17.4 Å². The average molecular weight is 379 g/mol. The first kappa shape index (κ1) is 16.5. The van der Waals surface area contributed by atoms with Crippen LogP contribution in [0.25, 0.3) is 6.08 Å². The summed E-state index contributed by atoms with van der Waals surface area (Å²) in [5.41, 5.74) is 1.58.